The summed E-state index contributed by atoms with van der Waals surface area (Å²) >= 11 is 0. The maximum Gasteiger partial charge on any atom is 0.0637 e. The molecule has 1 aliphatic heterocycles. The van der Waals surface area contributed by atoms with Crippen LogP contribution in [0.4, 0.5) is 0 Å². The van der Waals surface area contributed by atoms with E-state index in [1.165, 1.54) is 19.5 Å². The summed E-state index contributed by atoms with van der Waals surface area (Å²) in [5.41, 5.74) is -0.0218. The van der Waals surface area contributed by atoms with Crippen LogP contribution >= 0.6 is 0 Å². The second kappa shape index (κ2) is 6.88. The maximum absolute atomic E-state index is 5.48. The van der Waals surface area contributed by atoms with Gasteiger partial charge in [0.25, 0.3) is 0 Å². The van der Waals surface area contributed by atoms with Crippen molar-refractivity contribution >= 4 is 0 Å². The van der Waals surface area contributed by atoms with Gasteiger partial charge in [0.2, 0.25) is 0 Å². The van der Waals surface area contributed by atoms with Crippen LogP contribution in [0.2, 0.25) is 0 Å². The molecule has 1 heterocycles. The summed E-state index contributed by atoms with van der Waals surface area (Å²) < 4.78 is 5.48. The molecule has 0 aromatic rings. The van der Waals surface area contributed by atoms with Crippen LogP contribution in [-0.4, -0.2) is 49.3 Å². The molecule has 1 N–H and O–H groups in total. The van der Waals surface area contributed by atoms with E-state index in [0.29, 0.717) is 12.1 Å². The van der Waals surface area contributed by atoms with Crippen molar-refractivity contribution in [1.82, 2.24) is 10.2 Å². The molecule has 2 unspecified atom stereocenters. The molecule has 1 rings (SSSR count). The van der Waals surface area contributed by atoms with Gasteiger partial charge in [-0.2, -0.15) is 0 Å². The predicted octanol–water partition coefficient (Wildman–Crippen LogP) is 2.51. The van der Waals surface area contributed by atoms with Gasteiger partial charge in [0, 0.05) is 25.7 Å². The lowest BCUT2D eigenvalue weighted by Crippen LogP contribution is -2.38. The van der Waals surface area contributed by atoms with Crippen molar-refractivity contribution in [1.29, 1.82) is 0 Å². The maximum atomic E-state index is 5.48. The van der Waals surface area contributed by atoms with Gasteiger partial charge >= 0.3 is 0 Å². The fourth-order valence-corrected chi connectivity index (χ4v) is 2.76. The van der Waals surface area contributed by atoms with Crippen LogP contribution in [0, 0.1) is 5.92 Å². The van der Waals surface area contributed by atoms with Crippen LogP contribution in [0.25, 0.3) is 0 Å². The van der Waals surface area contributed by atoms with Gasteiger partial charge in [-0.05, 0) is 66.5 Å². The molecular formula is C15H32N2O. The summed E-state index contributed by atoms with van der Waals surface area (Å²) in [6.45, 7) is 14.8. The Morgan fingerprint density at radius 1 is 1.33 bits per heavy atom. The summed E-state index contributed by atoms with van der Waals surface area (Å²) in [7, 11) is 1.80. The number of methoxy groups -OCH3 is 1. The molecule has 3 heteroatoms. The molecule has 108 valence electrons. The van der Waals surface area contributed by atoms with Crippen LogP contribution in [-0.2, 0) is 4.74 Å². The largest absolute Gasteiger partial charge is 0.379 e. The zero-order chi connectivity index (χ0) is 13.8. The zero-order valence-electron chi connectivity index (χ0n) is 13.1. The van der Waals surface area contributed by atoms with Gasteiger partial charge in [0.05, 0.1) is 5.60 Å². The molecule has 2 atom stereocenters. The monoisotopic (exact) mass is 256 g/mol. The van der Waals surface area contributed by atoms with Gasteiger partial charge in [0.15, 0.2) is 0 Å². The quantitative estimate of drug-likeness (QED) is 0.757. The minimum atomic E-state index is -0.0218. The number of likely N-dealkylation sites (tertiary alicyclic amines) is 1. The number of hydrogen-bond donors (Lipinski definition) is 1. The fourth-order valence-electron chi connectivity index (χ4n) is 2.76. The first-order valence-electron chi connectivity index (χ1n) is 7.36. The van der Waals surface area contributed by atoms with E-state index in [4.69, 9.17) is 4.74 Å². The Labute approximate surface area is 113 Å². The van der Waals surface area contributed by atoms with E-state index in [2.05, 4.69) is 44.8 Å². The highest BCUT2D eigenvalue weighted by Gasteiger charge is 2.25. The average Bonchev–Trinajstić information content (AvgIpc) is 2.74. The summed E-state index contributed by atoms with van der Waals surface area (Å²) in [6.07, 6.45) is 2.40. The molecule has 0 bridgehead atoms. The lowest BCUT2D eigenvalue weighted by atomic mass is 9.99. The Morgan fingerprint density at radius 2 is 2.00 bits per heavy atom. The normalized spacial score (nSPS) is 23.8. The predicted molar refractivity (Wildman–Crippen MR) is 78.0 cm³/mol. The molecule has 0 radical (unpaired) electrons. The van der Waals surface area contributed by atoms with Crippen LogP contribution in [0.5, 0.6) is 0 Å². The number of rotatable bonds is 7. The Hall–Kier alpha value is -0.120. The molecule has 1 fully saturated rings. The van der Waals surface area contributed by atoms with E-state index in [1.807, 2.05) is 0 Å². The van der Waals surface area contributed by atoms with Gasteiger partial charge in [-0.3, -0.25) is 0 Å². The number of ether oxygens (including phenoxy) is 1. The Bertz CT molecular complexity index is 241. The molecule has 0 aromatic carbocycles. The van der Waals surface area contributed by atoms with Crippen LogP contribution in [0.1, 0.15) is 47.5 Å². The highest BCUT2D eigenvalue weighted by Crippen LogP contribution is 2.19. The van der Waals surface area contributed by atoms with Gasteiger partial charge in [-0.1, -0.05) is 0 Å². The van der Waals surface area contributed by atoms with Gasteiger partial charge in [-0.25, -0.2) is 0 Å². The van der Waals surface area contributed by atoms with Gasteiger partial charge in [0.1, 0.15) is 0 Å². The first-order valence-corrected chi connectivity index (χ1v) is 7.36. The summed E-state index contributed by atoms with van der Waals surface area (Å²) in [6, 6.07) is 1.22. The third-order valence-corrected chi connectivity index (χ3v) is 4.15. The van der Waals surface area contributed by atoms with Crippen LogP contribution in [0.15, 0.2) is 0 Å². The van der Waals surface area contributed by atoms with Crippen LogP contribution < -0.4 is 5.32 Å². The van der Waals surface area contributed by atoms with E-state index in [0.717, 1.165) is 18.9 Å². The highest BCUT2D eigenvalue weighted by molar-refractivity contribution is 4.81. The minimum Gasteiger partial charge on any atom is -0.379 e. The topological polar surface area (TPSA) is 24.5 Å². The van der Waals surface area contributed by atoms with Gasteiger partial charge in [-0.15, -0.1) is 0 Å². The van der Waals surface area contributed by atoms with Crippen molar-refractivity contribution in [3.63, 3.8) is 0 Å². The first kappa shape index (κ1) is 15.9. The van der Waals surface area contributed by atoms with Gasteiger partial charge < -0.3 is 15.0 Å². The first-order chi connectivity index (χ1) is 8.34. The number of nitrogens with one attached hydrogen (secondary N) is 1. The standard InChI is InChI=1S/C15H32N2O/c1-12(2)17-8-7-14(11-17)10-16-13(3)9-15(4,5)18-6/h12-14,16H,7-11H2,1-6H3. The van der Waals surface area contributed by atoms with E-state index >= 15 is 0 Å². The Kier molecular flexibility index (Phi) is 6.09. The average molecular weight is 256 g/mol. The number of nitrogens with zero attached hydrogens (tertiary/aromatic N) is 1. The van der Waals surface area contributed by atoms with Crippen molar-refractivity contribution in [2.45, 2.75) is 65.1 Å². The second-order valence-corrected chi connectivity index (χ2v) is 6.72. The third kappa shape index (κ3) is 5.25. The third-order valence-electron chi connectivity index (χ3n) is 4.15. The molecule has 1 saturated heterocycles. The summed E-state index contributed by atoms with van der Waals surface area (Å²) in [5, 5.41) is 3.67. The highest BCUT2D eigenvalue weighted by atomic mass is 16.5. The molecular weight excluding hydrogens is 224 g/mol. The van der Waals surface area contributed by atoms with Crippen molar-refractivity contribution in [3.05, 3.63) is 0 Å². The number of hydrogen-bond acceptors (Lipinski definition) is 3. The van der Waals surface area contributed by atoms with Crippen molar-refractivity contribution in [2.75, 3.05) is 26.7 Å². The summed E-state index contributed by atoms with van der Waals surface area (Å²) in [5.74, 6) is 0.820. The lowest BCUT2D eigenvalue weighted by molar-refractivity contribution is 0.00833. The Balaban J connectivity index is 2.22. The van der Waals surface area contributed by atoms with Crippen molar-refractivity contribution in [3.8, 4) is 0 Å². The Morgan fingerprint density at radius 3 is 2.50 bits per heavy atom. The molecule has 1 aliphatic rings. The van der Waals surface area contributed by atoms with E-state index in [-0.39, 0.29) is 5.60 Å². The van der Waals surface area contributed by atoms with Crippen LogP contribution in [0.3, 0.4) is 0 Å². The molecule has 0 amide bonds. The second-order valence-electron chi connectivity index (χ2n) is 6.72. The van der Waals surface area contributed by atoms with E-state index < -0.39 is 0 Å². The molecule has 18 heavy (non-hydrogen) atoms. The molecule has 0 aromatic heterocycles. The zero-order valence-corrected chi connectivity index (χ0v) is 13.1. The smallest absolute Gasteiger partial charge is 0.0637 e. The SMILES string of the molecule is COC(C)(C)CC(C)NCC1CCN(C(C)C)C1. The van der Waals surface area contributed by atoms with E-state index in [1.54, 1.807) is 7.11 Å². The molecule has 0 aliphatic carbocycles. The summed E-state index contributed by atoms with van der Waals surface area (Å²) in [4.78, 5) is 2.58. The molecule has 0 spiro atoms. The van der Waals surface area contributed by atoms with Crippen molar-refractivity contribution in [2.24, 2.45) is 5.92 Å². The minimum absolute atomic E-state index is 0.0218. The van der Waals surface area contributed by atoms with E-state index in [9.17, 15) is 0 Å². The fraction of sp³-hybridized carbons (Fsp3) is 1.00. The molecule has 0 saturated carbocycles. The molecule has 3 nitrogen and oxygen atoms in total. The van der Waals surface area contributed by atoms with Crippen molar-refractivity contribution < 1.29 is 4.74 Å². The lowest BCUT2D eigenvalue weighted by Gasteiger charge is -2.28.